The molecule has 1 aromatic rings. The van der Waals surface area contributed by atoms with Crippen LogP contribution >= 0.6 is 27.7 Å². The standard InChI is InChI=1S/C17H21BrN2O4S/c1-17(2)15(23)20(16(24)19(17)3)9-8-11(14(21)22)10-25-13-6-4-12(18)5-7-13/h4-7,11H,8-10H2,1-3H3,(H,21,22). The molecule has 25 heavy (non-hydrogen) atoms. The average molecular weight is 429 g/mol. The number of carboxylic acids is 1. The van der Waals surface area contributed by atoms with E-state index in [9.17, 15) is 19.5 Å². The number of imide groups is 1. The van der Waals surface area contributed by atoms with Gasteiger partial charge in [-0.15, -0.1) is 11.8 Å². The van der Waals surface area contributed by atoms with Crippen molar-refractivity contribution in [1.82, 2.24) is 9.80 Å². The number of likely N-dealkylation sites (N-methyl/N-ethyl adjacent to an activating group) is 1. The normalized spacial score (nSPS) is 17.9. The molecule has 0 radical (unpaired) electrons. The molecule has 1 aromatic carbocycles. The van der Waals surface area contributed by atoms with Crippen LogP contribution in [0.1, 0.15) is 20.3 Å². The third-order valence-corrected chi connectivity index (χ3v) is 6.14. The van der Waals surface area contributed by atoms with Crippen molar-refractivity contribution < 1.29 is 19.5 Å². The molecule has 1 atom stereocenters. The van der Waals surface area contributed by atoms with Gasteiger partial charge >= 0.3 is 12.0 Å². The SMILES string of the molecule is CN1C(=O)N(CCC(CSc2ccc(Br)cc2)C(=O)O)C(=O)C1(C)C. The first-order chi connectivity index (χ1) is 11.6. The van der Waals surface area contributed by atoms with E-state index in [-0.39, 0.29) is 24.9 Å². The molecule has 1 aliphatic heterocycles. The summed E-state index contributed by atoms with van der Waals surface area (Å²) in [5, 5.41) is 9.44. The Morgan fingerprint density at radius 1 is 1.28 bits per heavy atom. The molecule has 0 aliphatic carbocycles. The summed E-state index contributed by atoms with van der Waals surface area (Å²) in [5.74, 6) is -1.46. The number of hydrogen-bond donors (Lipinski definition) is 1. The molecule has 0 bridgehead atoms. The van der Waals surface area contributed by atoms with Crippen LogP contribution in [-0.2, 0) is 9.59 Å². The second-order valence-corrected chi connectivity index (χ2v) is 8.46. The van der Waals surface area contributed by atoms with Gasteiger partial charge in [0.1, 0.15) is 5.54 Å². The minimum absolute atomic E-state index is 0.114. The maximum atomic E-state index is 12.3. The number of urea groups is 1. The maximum Gasteiger partial charge on any atom is 0.327 e. The first kappa shape index (κ1) is 19.8. The molecule has 1 fully saturated rings. The summed E-state index contributed by atoms with van der Waals surface area (Å²) >= 11 is 4.81. The van der Waals surface area contributed by atoms with E-state index in [4.69, 9.17) is 0 Å². The fourth-order valence-corrected chi connectivity index (χ4v) is 3.76. The van der Waals surface area contributed by atoms with Gasteiger partial charge in [0.15, 0.2) is 0 Å². The number of carbonyl (C=O) groups is 3. The number of thioether (sulfide) groups is 1. The first-order valence-corrected chi connectivity index (χ1v) is 9.63. The van der Waals surface area contributed by atoms with Gasteiger partial charge in [-0.1, -0.05) is 15.9 Å². The Balaban J connectivity index is 1.96. The van der Waals surface area contributed by atoms with Gasteiger partial charge < -0.3 is 10.0 Å². The van der Waals surface area contributed by atoms with Gasteiger partial charge in [0, 0.05) is 28.7 Å². The highest BCUT2D eigenvalue weighted by molar-refractivity contribution is 9.10. The maximum absolute atomic E-state index is 12.3. The number of aliphatic carboxylic acids is 1. The summed E-state index contributed by atoms with van der Waals surface area (Å²) in [6.07, 6.45) is 0.236. The summed E-state index contributed by atoms with van der Waals surface area (Å²) in [4.78, 5) is 39.6. The molecule has 1 heterocycles. The molecule has 1 saturated heterocycles. The third-order valence-electron chi connectivity index (χ3n) is 4.44. The molecule has 0 saturated carbocycles. The van der Waals surface area contributed by atoms with E-state index in [1.807, 2.05) is 24.3 Å². The van der Waals surface area contributed by atoms with Gasteiger partial charge in [0.05, 0.1) is 5.92 Å². The predicted molar refractivity (Wildman–Crippen MR) is 99.6 cm³/mol. The average Bonchev–Trinajstić information content (AvgIpc) is 2.70. The number of carbonyl (C=O) groups excluding carboxylic acids is 2. The summed E-state index contributed by atoms with van der Waals surface area (Å²) < 4.78 is 0.962. The highest BCUT2D eigenvalue weighted by Gasteiger charge is 2.49. The predicted octanol–water partition coefficient (Wildman–Crippen LogP) is 3.30. The van der Waals surface area contributed by atoms with Gasteiger partial charge in [0.25, 0.3) is 5.91 Å². The van der Waals surface area contributed by atoms with Crippen molar-refractivity contribution in [3.05, 3.63) is 28.7 Å². The second-order valence-electron chi connectivity index (χ2n) is 6.45. The Hall–Kier alpha value is -1.54. The number of carboxylic acid groups (broad SMARTS) is 1. The van der Waals surface area contributed by atoms with E-state index >= 15 is 0 Å². The summed E-state index contributed by atoms with van der Waals surface area (Å²) in [6, 6.07) is 7.26. The van der Waals surface area contributed by atoms with Crippen molar-refractivity contribution in [2.75, 3.05) is 19.3 Å². The molecule has 3 amide bonds. The van der Waals surface area contributed by atoms with Gasteiger partial charge in [-0.3, -0.25) is 14.5 Å². The number of rotatable bonds is 7. The smallest absolute Gasteiger partial charge is 0.327 e. The van der Waals surface area contributed by atoms with Crippen molar-refractivity contribution >= 4 is 45.6 Å². The van der Waals surface area contributed by atoms with Crippen LogP contribution in [0.15, 0.2) is 33.6 Å². The fraction of sp³-hybridized carbons (Fsp3) is 0.471. The van der Waals surface area contributed by atoms with Crippen LogP contribution in [0.2, 0.25) is 0 Å². The van der Waals surface area contributed by atoms with Crippen molar-refractivity contribution in [1.29, 1.82) is 0 Å². The Morgan fingerprint density at radius 3 is 2.36 bits per heavy atom. The van der Waals surface area contributed by atoms with E-state index in [2.05, 4.69) is 15.9 Å². The molecule has 1 unspecified atom stereocenters. The van der Waals surface area contributed by atoms with E-state index in [0.29, 0.717) is 5.75 Å². The topological polar surface area (TPSA) is 77.9 Å². The van der Waals surface area contributed by atoms with Crippen LogP contribution in [0.25, 0.3) is 0 Å². The van der Waals surface area contributed by atoms with Crippen molar-refractivity contribution in [3.8, 4) is 0 Å². The van der Waals surface area contributed by atoms with Crippen molar-refractivity contribution in [2.45, 2.75) is 30.7 Å². The number of amides is 3. The molecular formula is C17H21BrN2O4S. The summed E-state index contributed by atoms with van der Waals surface area (Å²) in [5.41, 5.74) is -0.887. The Morgan fingerprint density at radius 2 is 1.88 bits per heavy atom. The van der Waals surface area contributed by atoms with Crippen LogP contribution in [0, 0.1) is 5.92 Å². The third kappa shape index (κ3) is 4.36. The van der Waals surface area contributed by atoms with Crippen LogP contribution in [0.5, 0.6) is 0 Å². The fourth-order valence-electron chi connectivity index (χ4n) is 2.47. The molecule has 6 nitrogen and oxygen atoms in total. The molecule has 8 heteroatoms. The zero-order chi connectivity index (χ0) is 18.8. The number of hydrogen-bond acceptors (Lipinski definition) is 4. The molecule has 2 rings (SSSR count). The second kappa shape index (κ2) is 7.78. The Kier molecular flexibility index (Phi) is 6.16. The summed E-state index contributed by atoms with van der Waals surface area (Å²) in [6.45, 7) is 3.49. The lowest BCUT2D eigenvalue weighted by atomic mass is 10.0. The Labute approximate surface area is 159 Å². The lowest BCUT2D eigenvalue weighted by Crippen LogP contribution is -2.41. The highest BCUT2D eigenvalue weighted by atomic mass is 79.9. The zero-order valence-electron chi connectivity index (χ0n) is 14.4. The molecule has 1 N–H and O–H groups in total. The van der Waals surface area contributed by atoms with Crippen molar-refractivity contribution in [2.24, 2.45) is 5.92 Å². The van der Waals surface area contributed by atoms with Crippen LogP contribution < -0.4 is 0 Å². The molecular weight excluding hydrogens is 408 g/mol. The molecule has 136 valence electrons. The molecule has 1 aliphatic rings. The van der Waals surface area contributed by atoms with Gasteiger partial charge in [-0.2, -0.15) is 0 Å². The molecule has 0 aromatic heterocycles. The minimum atomic E-state index is -0.920. The number of halogens is 1. The van der Waals surface area contributed by atoms with Gasteiger partial charge in [-0.25, -0.2) is 4.79 Å². The molecule has 0 spiro atoms. The van der Waals surface area contributed by atoms with Crippen LogP contribution in [-0.4, -0.2) is 57.7 Å². The lowest BCUT2D eigenvalue weighted by Gasteiger charge is -2.22. The first-order valence-electron chi connectivity index (χ1n) is 7.85. The zero-order valence-corrected chi connectivity index (χ0v) is 16.8. The Bertz CT molecular complexity index is 678. The lowest BCUT2D eigenvalue weighted by molar-refractivity contribution is -0.141. The summed E-state index contributed by atoms with van der Waals surface area (Å²) in [7, 11) is 1.58. The van der Waals surface area contributed by atoms with Crippen LogP contribution in [0.3, 0.4) is 0 Å². The van der Waals surface area contributed by atoms with Crippen molar-refractivity contribution in [3.63, 3.8) is 0 Å². The van der Waals surface area contributed by atoms with E-state index < -0.39 is 17.4 Å². The largest absolute Gasteiger partial charge is 0.481 e. The van der Waals surface area contributed by atoms with Gasteiger partial charge in [-0.05, 0) is 44.5 Å². The van der Waals surface area contributed by atoms with Gasteiger partial charge in [0.2, 0.25) is 0 Å². The van der Waals surface area contributed by atoms with E-state index in [0.717, 1.165) is 14.3 Å². The van der Waals surface area contributed by atoms with E-state index in [1.54, 1.807) is 20.9 Å². The minimum Gasteiger partial charge on any atom is -0.481 e. The van der Waals surface area contributed by atoms with E-state index in [1.165, 1.54) is 16.7 Å². The monoisotopic (exact) mass is 428 g/mol. The van der Waals surface area contributed by atoms with Crippen LogP contribution in [0.4, 0.5) is 4.79 Å². The highest BCUT2D eigenvalue weighted by Crippen LogP contribution is 2.28. The number of benzene rings is 1. The quantitative estimate of drug-likeness (QED) is 0.532. The number of nitrogens with zero attached hydrogens (tertiary/aromatic N) is 2.